The molecule has 2 rings (SSSR count). The third-order valence-corrected chi connectivity index (χ3v) is 3.18. The number of halogens is 2. The summed E-state index contributed by atoms with van der Waals surface area (Å²) in [5, 5.41) is 0. The van der Waals surface area contributed by atoms with Crippen LogP contribution in [0.2, 0.25) is 0 Å². The van der Waals surface area contributed by atoms with Gasteiger partial charge in [-0.1, -0.05) is 12.1 Å². The molecule has 20 heavy (non-hydrogen) atoms. The second-order valence-corrected chi connectivity index (χ2v) is 4.84. The third kappa shape index (κ3) is 3.33. The fourth-order valence-corrected chi connectivity index (χ4v) is 1.87. The second kappa shape index (κ2) is 6.01. The topological polar surface area (TPSA) is 35.2 Å². The Balaban J connectivity index is 2.13. The molecule has 0 radical (unpaired) electrons. The van der Waals surface area contributed by atoms with Crippen LogP contribution in [0.4, 0.5) is 8.78 Å². The molecule has 2 N–H and O–H groups in total. The van der Waals surface area contributed by atoms with E-state index in [1.165, 1.54) is 18.2 Å². The number of nitrogens with two attached hydrogens (primary N) is 1. The van der Waals surface area contributed by atoms with Gasteiger partial charge >= 0.3 is 0 Å². The van der Waals surface area contributed by atoms with Gasteiger partial charge in [-0.05, 0) is 54.8 Å². The molecule has 0 unspecified atom stereocenters. The molecule has 0 bridgehead atoms. The van der Waals surface area contributed by atoms with E-state index in [4.69, 9.17) is 10.5 Å². The van der Waals surface area contributed by atoms with Crippen molar-refractivity contribution in [1.82, 2.24) is 0 Å². The fourth-order valence-electron chi connectivity index (χ4n) is 1.87. The van der Waals surface area contributed by atoms with E-state index in [1.54, 1.807) is 25.1 Å². The van der Waals surface area contributed by atoms with Gasteiger partial charge in [-0.25, -0.2) is 8.78 Å². The summed E-state index contributed by atoms with van der Waals surface area (Å²) in [5.41, 5.74) is 7.99. The highest BCUT2D eigenvalue weighted by atomic mass is 19.1. The van der Waals surface area contributed by atoms with Crippen LogP contribution in [0.1, 0.15) is 29.7 Å². The molecule has 2 aromatic rings. The zero-order valence-electron chi connectivity index (χ0n) is 11.5. The van der Waals surface area contributed by atoms with Crippen LogP contribution in [-0.4, -0.2) is 0 Å². The lowest BCUT2D eigenvalue weighted by atomic mass is 10.1. The van der Waals surface area contributed by atoms with Crippen molar-refractivity contribution in [2.75, 3.05) is 0 Å². The highest BCUT2D eigenvalue weighted by Gasteiger charge is 2.08. The van der Waals surface area contributed by atoms with Gasteiger partial charge in [0, 0.05) is 6.04 Å². The van der Waals surface area contributed by atoms with Gasteiger partial charge in [-0.3, -0.25) is 0 Å². The van der Waals surface area contributed by atoms with Crippen LogP contribution in [0, 0.1) is 18.6 Å². The Labute approximate surface area is 117 Å². The Bertz CT molecular complexity index is 611. The van der Waals surface area contributed by atoms with Gasteiger partial charge in [0.1, 0.15) is 12.4 Å². The van der Waals surface area contributed by atoms with Crippen molar-refractivity contribution in [2.24, 2.45) is 5.73 Å². The number of benzene rings is 2. The Kier molecular flexibility index (Phi) is 4.35. The summed E-state index contributed by atoms with van der Waals surface area (Å²) in [5.74, 6) is -0.658. The normalized spacial score (nSPS) is 12.2. The fraction of sp³-hybridized carbons (Fsp3) is 0.250. The Morgan fingerprint density at radius 2 is 1.90 bits per heavy atom. The van der Waals surface area contributed by atoms with Crippen molar-refractivity contribution in [3.8, 4) is 5.75 Å². The molecule has 4 heteroatoms. The van der Waals surface area contributed by atoms with Gasteiger partial charge in [-0.2, -0.15) is 0 Å². The van der Waals surface area contributed by atoms with Gasteiger partial charge in [0.05, 0.1) is 0 Å². The van der Waals surface area contributed by atoms with E-state index in [2.05, 4.69) is 0 Å². The van der Waals surface area contributed by atoms with Crippen LogP contribution in [0.25, 0.3) is 0 Å². The monoisotopic (exact) mass is 277 g/mol. The van der Waals surface area contributed by atoms with Crippen LogP contribution in [0.5, 0.6) is 5.75 Å². The van der Waals surface area contributed by atoms with Crippen molar-refractivity contribution in [3.63, 3.8) is 0 Å². The van der Waals surface area contributed by atoms with Gasteiger partial charge in [0.2, 0.25) is 0 Å². The number of aryl methyl sites for hydroxylation is 1. The highest BCUT2D eigenvalue weighted by molar-refractivity contribution is 5.32. The zero-order valence-corrected chi connectivity index (χ0v) is 11.5. The minimum atomic E-state index is -0.464. The smallest absolute Gasteiger partial charge is 0.165 e. The summed E-state index contributed by atoms with van der Waals surface area (Å²) in [6.45, 7) is 3.76. The summed E-state index contributed by atoms with van der Waals surface area (Å²) in [4.78, 5) is 0. The van der Waals surface area contributed by atoms with E-state index in [9.17, 15) is 8.78 Å². The average molecular weight is 277 g/mol. The lowest BCUT2D eigenvalue weighted by molar-refractivity contribution is 0.289. The molecular weight excluding hydrogens is 260 g/mol. The maximum Gasteiger partial charge on any atom is 0.165 e. The predicted molar refractivity (Wildman–Crippen MR) is 74.5 cm³/mol. The van der Waals surface area contributed by atoms with Crippen molar-refractivity contribution in [3.05, 3.63) is 64.7 Å². The molecule has 0 aliphatic carbocycles. The van der Waals surface area contributed by atoms with Gasteiger partial charge in [0.15, 0.2) is 11.6 Å². The van der Waals surface area contributed by atoms with Crippen molar-refractivity contribution < 1.29 is 13.5 Å². The zero-order chi connectivity index (χ0) is 14.7. The summed E-state index contributed by atoms with van der Waals surface area (Å²) in [6.07, 6.45) is 0. The standard InChI is InChI=1S/C16H17F2NO/c1-10-3-5-14(17)7-13(10)9-20-16-6-4-12(11(2)19)8-15(16)18/h3-8,11H,9,19H2,1-2H3/t11-/m0/s1. The van der Waals surface area contributed by atoms with E-state index >= 15 is 0 Å². The lowest BCUT2D eigenvalue weighted by Gasteiger charge is -2.11. The first-order chi connectivity index (χ1) is 9.47. The Hall–Kier alpha value is -1.94. The Morgan fingerprint density at radius 3 is 2.55 bits per heavy atom. The Morgan fingerprint density at radius 1 is 1.15 bits per heavy atom. The summed E-state index contributed by atoms with van der Waals surface area (Å²) in [7, 11) is 0. The lowest BCUT2D eigenvalue weighted by Crippen LogP contribution is -2.06. The van der Waals surface area contributed by atoms with Gasteiger partial charge in [0.25, 0.3) is 0 Å². The minimum absolute atomic E-state index is 0.123. The van der Waals surface area contributed by atoms with Crippen LogP contribution in [-0.2, 0) is 6.61 Å². The molecule has 0 aliphatic heterocycles. The average Bonchev–Trinajstić information content (AvgIpc) is 2.40. The predicted octanol–water partition coefficient (Wildman–Crippen LogP) is 3.87. The summed E-state index contributed by atoms with van der Waals surface area (Å²) < 4.78 is 32.4. The maximum absolute atomic E-state index is 13.8. The molecule has 0 amide bonds. The van der Waals surface area contributed by atoms with E-state index in [0.29, 0.717) is 11.1 Å². The molecular formula is C16H17F2NO. The molecule has 0 aliphatic rings. The molecule has 0 fully saturated rings. The number of rotatable bonds is 4. The number of hydrogen-bond acceptors (Lipinski definition) is 2. The minimum Gasteiger partial charge on any atom is -0.486 e. The molecule has 0 spiro atoms. The summed E-state index contributed by atoms with van der Waals surface area (Å²) in [6, 6.07) is 8.84. The van der Waals surface area contributed by atoms with Crippen molar-refractivity contribution >= 4 is 0 Å². The van der Waals surface area contributed by atoms with Crippen LogP contribution in [0.3, 0.4) is 0 Å². The molecule has 106 valence electrons. The molecule has 0 saturated heterocycles. The second-order valence-electron chi connectivity index (χ2n) is 4.84. The van der Waals surface area contributed by atoms with E-state index in [0.717, 1.165) is 5.56 Å². The molecule has 0 aromatic heterocycles. The van der Waals surface area contributed by atoms with Crippen LogP contribution >= 0.6 is 0 Å². The van der Waals surface area contributed by atoms with Crippen LogP contribution in [0.15, 0.2) is 36.4 Å². The van der Waals surface area contributed by atoms with Crippen molar-refractivity contribution in [1.29, 1.82) is 0 Å². The quantitative estimate of drug-likeness (QED) is 0.920. The number of hydrogen-bond donors (Lipinski definition) is 1. The maximum atomic E-state index is 13.8. The largest absolute Gasteiger partial charge is 0.486 e. The van der Waals surface area contributed by atoms with Crippen LogP contribution < -0.4 is 10.5 Å². The molecule has 2 aromatic carbocycles. The highest BCUT2D eigenvalue weighted by Crippen LogP contribution is 2.22. The number of ether oxygens (including phenoxy) is 1. The first-order valence-corrected chi connectivity index (χ1v) is 6.40. The first-order valence-electron chi connectivity index (χ1n) is 6.40. The van der Waals surface area contributed by atoms with E-state index < -0.39 is 5.82 Å². The molecule has 2 nitrogen and oxygen atoms in total. The molecule has 0 heterocycles. The van der Waals surface area contributed by atoms with E-state index in [-0.39, 0.29) is 24.2 Å². The molecule has 1 atom stereocenters. The molecule has 0 saturated carbocycles. The summed E-state index contributed by atoms with van der Waals surface area (Å²) >= 11 is 0. The SMILES string of the molecule is Cc1ccc(F)cc1COc1ccc([C@H](C)N)cc1F. The van der Waals surface area contributed by atoms with Gasteiger partial charge in [-0.15, -0.1) is 0 Å². The van der Waals surface area contributed by atoms with Gasteiger partial charge < -0.3 is 10.5 Å². The van der Waals surface area contributed by atoms with Crippen molar-refractivity contribution in [2.45, 2.75) is 26.5 Å². The van der Waals surface area contributed by atoms with E-state index in [1.807, 2.05) is 6.92 Å². The third-order valence-electron chi connectivity index (χ3n) is 3.18. The first kappa shape index (κ1) is 14.5.